The molecule has 0 unspecified atom stereocenters. The van der Waals surface area contributed by atoms with Crippen molar-refractivity contribution < 1.29 is 14.3 Å². The van der Waals surface area contributed by atoms with Gasteiger partial charge in [0.05, 0.1) is 23.9 Å². The number of hydrogen-bond donors (Lipinski definition) is 0. The Balaban J connectivity index is 2.21. The number of hydrogen-bond acceptors (Lipinski definition) is 4. The van der Waals surface area contributed by atoms with Gasteiger partial charge in [0.2, 0.25) is 0 Å². The van der Waals surface area contributed by atoms with Gasteiger partial charge >= 0.3 is 5.97 Å². The van der Waals surface area contributed by atoms with E-state index in [9.17, 15) is 4.79 Å². The van der Waals surface area contributed by atoms with Crippen molar-refractivity contribution in [2.24, 2.45) is 0 Å². The van der Waals surface area contributed by atoms with Crippen molar-refractivity contribution in [2.45, 2.75) is 58.1 Å². The summed E-state index contributed by atoms with van der Waals surface area (Å²) in [5, 5.41) is 0. The Labute approximate surface area is 115 Å². The van der Waals surface area contributed by atoms with Crippen molar-refractivity contribution >= 4 is 5.97 Å². The number of ether oxygens (including phenoxy) is 2. The fourth-order valence-electron chi connectivity index (χ4n) is 3.15. The largest absolute Gasteiger partial charge is 0.453 e. The van der Waals surface area contributed by atoms with Gasteiger partial charge in [0, 0.05) is 13.7 Å². The van der Waals surface area contributed by atoms with Gasteiger partial charge in [-0.2, -0.15) is 0 Å². The van der Waals surface area contributed by atoms with Crippen LogP contribution >= 0.6 is 0 Å². The van der Waals surface area contributed by atoms with E-state index in [0.29, 0.717) is 6.04 Å². The van der Waals surface area contributed by atoms with E-state index in [4.69, 9.17) is 9.47 Å². The highest BCUT2D eigenvalue weighted by Gasteiger charge is 2.38. The van der Waals surface area contributed by atoms with Gasteiger partial charge in [0.25, 0.3) is 0 Å². The highest BCUT2D eigenvalue weighted by atomic mass is 16.5. The third-order valence-electron chi connectivity index (χ3n) is 4.05. The molecule has 1 fully saturated rings. The number of carbonyl (C=O) groups is 1. The lowest BCUT2D eigenvalue weighted by Gasteiger charge is -2.29. The highest BCUT2D eigenvalue weighted by Crippen LogP contribution is 2.34. The van der Waals surface area contributed by atoms with Crippen LogP contribution in [-0.2, 0) is 14.3 Å². The Bertz CT molecular complexity index is 364. The molecule has 0 spiro atoms. The van der Waals surface area contributed by atoms with Crippen LogP contribution in [0.1, 0.15) is 46.0 Å². The van der Waals surface area contributed by atoms with E-state index in [0.717, 1.165) is 50.1 Å². The van der Waals surface area contributed by atoms with Crippen molar-refractivity contribution in [2.75, 3.05) is 20.3 Å². The Morgan fingerprint density at radius 1 is 1.47 bits per heavy atom. The molecule has 0 radical (unpaired) electrons. The molecule has 2 aliphatic rings. The molecule has 0 bridgehead atoms. The van der Waals surface area contributed by atoms with E-state index in [2.05, 4.69) is 11.8 Å². The summed E-state index contributed by atoms with van der Waals surface area (Å²) in [6.45, 7) is 5.87. The molecule has 0 N–H and O–H groups in total. The maximum Gasteiger partial charge on any atom is 0.336 e. The molecule has 0 saturated carbocycles. The van der Waals surface area contributed by atoms with E-state index >= 15 is 0 Å². The molecule has 4 nitrogen and oxygen atoms in total. The third-order valence-corrected chi connectivity index (χ3v) is 4.05. The monoisotopic (exact) mass is 267 g/mol. The molecule has 2 heterocycles. The van der Waals surface area contributed by atoms with Crippen molar-refractivity contribution in [1.82, 2.24) is 4.90 Å². The molecule has 0 aromatic rings. The fourth-order valence-corrected chi connectivity index (χ4v) is 3.15. The van der Waals surface area contributed by atoms with Crippen molar-refractivity contribution in [3.63, 3.8) is 0 Å². The molecule has 0 amide bonds. The molecule has 1 saturated heterocycles. The molecular weight excluding hydrogens is 242 g/mol. The fraction of sp³-hybridized carbons (Fsp3) is 0.800. The minimum atomic E-state index is -0.112. The van der Waals surface area contributed by atoms with E-state index < -0.39 is 0 Å². The molecular formula is C15H25NO3. The van der Waals surface area contributed by atoms with Gasteiger partial charge in [-0.1, -0.05) is 13.3 Å². The first-order valence-corrected chi connectivity index (χ1v) is 7.38. The van der Waals surface area contributed by atoms with Gasteiger partial charge in [0.1, 0.15) is 6.10 Å². The molecule has 108 valence electrons. The molecule has 4 heteroatoms. The van der Waals surface area contributed by atoms with Crippen molar-refractivity contribution in [3.8, 4) is 0 Å². The van der Waals surface area contributed by atoms with Crippen LogP contribution in [-0.4, -0.2) is 43.3 Å². The van der Waals surface area contributed by atoms with Gasteiger partial charge in [-0.05, 0) is 32.6 Å². The predicted molar refractivity (Wildman–Crippen MR) is 73.7 cm³/mol. The maximum atomic E-state index is 12.0. The minimum absolute atomic E-state index is 0.100. The van der Waals surface area contributed by atoms with Crippen LogP contribution in [0, 0.1) is 0 Å². The van der Waals surface area contributed by atoms with Gasteiger partial charge in [-0.25, -0.2) is 4.79 Å². The SMILES string of the molecule is CCCCC1=C(N2CCC[C@H]2COC)[C@H](C)OC1=O. The Kier molecular flexibility index (Phi) is 4.86. The molecule has 2 atom stereocenters. The number of carbonyl (C=O) groups excluding carboxylic acids is 1. The second-order valence-electron chi connectivity index (χ2n) is 5.46. The highest BCUT2D eigenvalue weighted by molar-refractivity contribution is 5.92. The summed E-state index contributed by atoms with van der Waals surface area (Å²) in [7, 11) is 1.74. The first-order valence-electron chi connectivity index (χ1n) is 7.38. The average molecular weight is 267 g/mol. The zero-order chi connectivity index (χ0) is 13.8. The minimum Gasteiger partial charge on any atom is -0.453 e. The number of esters is 1. The topological polar surface area (TPSA) is 38.8 Å². The molecule has 19 heavy (non-hydrogen) atoms. The third kappa shape index (κ3) is 2.94. The number of rotatable bonds is 6. The van der Waals surface area contributed by atoms with Crippen molar-refractivity contribution in [3.05, 3.63) is 11.3 Å². The lowest BCUT2D eigenvalue weighted by molar-refractivity contribution is -0.139. The summed E-state index contributed by atoms with van der Waals surface area (Å²) in [6, 6.07) is 0.397. The number of likely N-dealkylation sites (tertiary alicyclic amines) is 1. The summed E-state index contributed by atoms with van der Waals surface area (Å²) in [5.41, 5.74) is 2.02. The van der Waals surface area contributed by atoms with E-state index in [1.165, 1.54) is 6.42 Å². The standard InChI is InChI=1S/C15H25NO3/c1-4-5-8-13-14(11(2)19-15(13)17)16-9-6-7-12(16)10-18-3/h11-12H,4-10H2,1-3H3/t11-,12-/m0/s1. The zero-order valence-electron chi connectivity index (χ0n) is 12.3. The van der Waals surface area contributed by atoms with Gasteiger partial charge < -0.3 is 14.4 Å². The molecule has 2 aliphatic heterocycles. The lowest BCUT2D eigenvalue weighted by Crippen LogP contribution is -2.35. The summed E-state index contributed by atoms with van der Waals surface area (Å²) in [4.78, 5) is 14.3. The van der Waals surface area contributed by atoms with Crippen LogP contribution in [0.3, 0.4) is 0 Å². The molecule has 0 aliphatic carbocycles. The Morgan fingerprint density at radius 2 is 2.26 bits per heavy atom. The number of cyclic esters (lactones) is 1. The first-order chi connectivity index (χ1) is 9.19. The number of methoxy groups -OCH3 is 1. The zero-order valence-corrected chi connectivity index (χ0v) is 12.3. The number of unbranched alkanes of at least 4 members (excludes halogenated alkanes) is 1. The van der Waals surface area contributed by atoms with Crippen LogP contribution in [0.5, 0.6) is 0 Å². The quantitative estimate of drug-likeness (QED) is 0.693. The maximum absolute atomic E-state index is 12.0. The van der Waals surface area contributed by atoms with Crippen LogP contribution in [0.15, 0.2) is 11.3 Å². The van der Waals surface area contributed by atoms with Crippen LogP contribution in [0.2, 0.25) is 0 Å². The Hall–Kier alpha value is -1.03. The summed E-state index contributed by atoms with van der Waals surface area (Å²) < 4.78 is 10.7. The second kappa shape index (κ2) is 6.42. The first kappa shape index (κ1) is 14.4. The van der Waals surface area contributed by atoms with Gasteiger partial charge in [-0.15, -0.1) is 0 Å². The van der Waals surface area contributed by atoms with Crippen LogP contribution < -0.4 is 0 Å². The lowest BCUT2D eigenvalue weighted by atomic mass is 10.0. The van der Waals surface area contributed by atoms with E-state index in [1.54, 1.807) is 7.11 Å². The summed E-state index contributed by atoms with van der Waals surface area (Å²) >= 11 is 0. The normalized spacial score (nSPS) is 27.3. The average Bonchev–Trinajstić information content (AvgIpc) is 2.92. The molecule has 0 aromatic carbocycles. The predicted octanol–water partition coefficient (Wildman–Crippen LogP) is 2.49. The molecule has 0 aromatic heterocycles. The van der Waals surface area contributed by atoms with E-state index in [1.807, 2.05) is 6.92 Å². The smallest absolute Gasteiger partial charge is 0.336 e. The van der Waals surface area contributed by atoms with Crippen molar-refractivity contribution in [1.29, 1.82) is 0 Å². The number of nitrogens with zero attached hydrogens (tertiary/aromatic N) is 1. The Morgan fingerprint density at radius 3 is 2.95 bits per heavy atom. The van der Waals surface area contributed by atoms with Crippen LogP contribution in [0.4, 0.5) is 0 Å². The van der Waals surface area contributed by atoms with Crippen LogP contribution in [0.25, 0.3) is 0 Å². The summed E-state index contributed by atoms with van der Waals surface area (Å²) in [5.74, 6) is -0.112. The summed E-state index contributed by atoms with van der Waals surface area (Å²) in [6.07, 6.45) is 5.18. The van der Waals surface area contributed by atoms with Gasteiger partial charge in [-0.3, -0.25) is 0 Å². The second-order valence-corrected chi connectivity index (χ2v) is 5.46. The van der Waals surface area contributed by atoms with E-state index in [-0.39, 0.29) is 12.1 Å². The molecule has 2 rings (SSSR count). The van der Waals surface area contributed by atoms with Gasteiger partial charge in [0.15, 0.2) is 0 Å².